The molecule has 5 rings (SSSR count). The van der Waals surface area contributed by atoms with E-state index >= 15 is 0 Å². The van der Waals surface area contributed by atoms with Gasteiger partial charge in [0.2, 0.25) is 0 Å². The molecule has 0 aliphatic heterocycles. The normalized spacial score (nSPS) is 11.1. The van der Waals surface area contributed by atoms with Crippen LogP contribution in [0.15, 0.2) is 76.4 Å². The highest BCUT2D eigenvalue weighted by Crippen LogP contribution is 2.27. The van der Waals surface area contributed by atoms with Gasteiger partial charge in [-0.3, -0.25) is 4.79 Å². The van der Waals surface area contributed by atoms with E-state index in [9.17, 15) is 4.79 Å². The molecular formula is C22H17N5O3. The summed E-state index contributed by atoms with van der Waals surface area (Å²) < 4.78 is 12.7. The standard InChI is InChI=1S/C22H17N5O3/c1-14-20-16(11-17(19-7-4-10-29-19)25-22(20)30-26-14)21(28)24-12-15-5-2-3-6-18(15)27-9-8-23-13-27/h2-11,13H,12H2,1H3,(H,24,28). The Morgan fingerprint density at radius 3 is 2.90 bits per heavy atom. The molecule has 8 nitrogen and oxygen atoms in total. The number of nitrogens with zero attached hydrogens (tertiary/aromatic N) is 4. The number of hydrogen-bond donors (Lipinski definition) is 1. The van der Waals surface area contributed by atoms with Crippen molar-refractivity contribution in [1.29, 1.82) is 0 Å². The minimum Gasteiger partial charge on any atom is -0.463 e. The van der Waals surface area contributed by atoms with Crippen molar-refractivity contribution in [2.45, 2.75) is 13.5 Å². The van der Waals surface area contributed by atoms with Gasteiger partial charge in [-0.05, 0) is 36.8 Å². The Labute approximate surface area is 171 Å². The Kier molecular flexibility index (Phi) is 4.36. The molecule has 0 bridgehead atoms. The third-order valence-electron chi connectivity index (χ3n) is 4.85. The van der Waals surface area contributed by atoms with Crippen LogP contribution in [-0.2, 0) is 6.54 Å². The van der Waals surface area contributed by atoms with Crippen molar-refractivity contribution in [3.8, 4) is 17.1 Å². The smallest absolute Gasteiger partial charge is 0.259 e. The van der Waals surface area contributed by atoms with Gasteiger partial charge in [-0.2, -0.15) is 0 Å². The van der Waals surface area contributed by atoms with E-state index in [2.05, 4.69) is 20.4 Å². The van der Waals surface area contributed by atoms with Crippen LogP contribution < -0.4 is 5.32 Å². The van der Waals surface area contributed by atoms with E-state index in [4.69, 9.17) is 8.94 Å². The predicted octanol–water partition coefficient (Wildman–Crippen LogP) is 3.91. The topological polar surface area (TPSA) is 99.0 Å². The summed E-state index contributed by atoms with van der Waals surface area (Å²) in [5.74, 6) is 0.299. The number of carbonyl (C=O) groups excluding carboxylic acids is 1. The Morgan fingerprint density at radius 1 is 1.20 bits per heavy atom. The lowest BCUT2D eigenvalue weighted by Crippen LogP contribution is -2.24. The van der Waals surface area contributed by atoms with Gasteiger partial charge < -0.3 is 18.8 Å². The quantitative estimate of drug-likeness (QED) is 0.481. The number of furan rings is 1. The van der Waals surface area contributed by atoms with Crippen LogP contribution in [0.3, 0.4) is 0 Å². The SMILES string of the molecule is Cc1noc2nc(-c3ccco3)cc(C(=O)NCc3ccccc3-n3ccnc3)c12. The molecule has 0 radical (unpaired) electrons. The average molecular weight is 399 g/mol. The van der Waals surface area contributed by atoms with Gasteiger partial charge in [-0.25, -0.2) is 9.97 Å². The lowest BCUT2D eigenvalue weighted by molar-refractivity contribution is 0.0952. The second kappa shape index (κ2) is 7.32. The first kappa shape index (κ1) is 17.9. The molecule has 4 heterocycles. The third-order valence-corrected chi connectivity index (χ3v) is 4.85. The Balaban J connectivity index is 1.48. The average Bonchev–Trinajstić information content (AvgIpc) is 3.54. The summed E-state index contributed by atoms with van der Waals surface area (Å²) in [6, 6.07) is 13.1. The first-order valence-corrected chi connectivity index (χ1v) is 9.36. The van der Waals surface area contributed by atoms with Crippen molar-refractivity contribution in [2.75, 3.05) is 0 Å². The number of rotatable bonds is 5. The fourth-order valence-electron chi connectivity index (χ4n) is 3.41. The number of nitrogens with one attached hydrogen (secondary N) is 1. The number of aromatic nitrogens is 4. The number of aryl methyl sites for hydroxylation is 1. The van der Waals surface area contributed by atoms with Crippen LogP contribution in [-0.4, -0.2) is 25.6 Å². The fraction of sp³-hybridized carbons (Fsp3) is 0.0909. The molecule has 0 unspecified atom stereocenters. The number of pyridine rings is 1. The van der Waals surface area contributed by atoms with Crippen LogP contribution in [0.2, 0.25) is 0 Å². The Morgan fingerprint density at radius 2 is 2.10 bits per heavy atom. The van der Waals surface area contributed by atoms with E-state index in [1.807, 2.05) is 35.0 Å². The molecule has 0 spiro atoms. The number of amides is 1. The Bertz CT molecular complexity index is 1320. The molecule has 0 saturated heterocycles. The van der Waals surface area contributed by atoms with Crippen LogP contribution in [0, 0.1) is 6.92 Å². The zero-order valence-electron chi connectivity index (χ0n) is 16.1. The lowest BCUT2D eigenvalue weighted by atomic mass is 10.1. The summed E-state index contributed by atoms with van der Waals surface area (Å²) in [4.78, 5) is 21.7. The van der Waals surface area contributed by atoms with Crippen LogP contribution >= 0.6 is 0 Å². The van der Waals surface area contributed by atoms with Gasteiger partial charge in [0, 0.05) is 18.9 Å². The maximum absolute atomic E-state index is 13.1. The first-order chi connectivity index (χ1) is 14.7. The number of imidazole rings is 1. The summed E-state index contributed by atoms with van der Waals surface area (Å²) >= 11 is 0. The lowest BCUT2D eigenvalue weighted by Gasteiger charge is -2.12. The Hall–Kier alpha value is -4.20. The van der Waals surface area contributed by atoms with Gasteiger partial charge in [0.05, 0.1) is 34.9 Å². The third kappa shape index (κ3) is 3.14. The summed E-state index contributed by atoms with van der Waals surface area (Å²) in [5, 5.41) is 7.56. The molecular weight excluding hydrogens is 382 g/mol. The van der Waals surface area contributed by atoms with Crippen molar-refractivity contribution < 1.29 is 13.7 Å². The molecule has 0 fully saturated rings. The monoisotopic (exact) mass is 399 g/mol. The molecule has 8 heteroatoms. The van der Waals surface area contributed by atoms with Crippen LogP contribution in [0.25, 0.3) is 28.2 Å². The zero-order chi connectivity index (χ0) is 20.5. The number of para-hydroxylation sites is 1. The first-order valence-electron chi connectivity index (χ1n) is 9.36. The van der Waals surface area contributed by atoms with E-state index in [1.165, 1.54) is 0 Å². The number of fused-ring (bicyclic) bond motifs is 1. The van der Waals surface area contributed by atoms with Gasteiger partial charge in [-0.1, -0.05) is 23.4 Å². The van der Waals surface area contributed by atoms with E-state index < -0.39 is 0 Å². The second-order valence-corrected chi connectivity index (χ2v) is 6.76. The van der Waals surface area contributed by atoms with Crippen molar-refractivity contribution >= 4 is 17.0 Å². The minimum absolute atomic E-state index is 0.248. The van der Waals surface area contributed by atoms with Gasteiger partial charge in [0.1, 0.15) is 5.69 Å². The van der Waals surface area contributed by atoms with Crippen LogP contribution in [0.5, 0.6) is 0 Å². The molecule has 1 amide bonds. The van der Waals surface area contributed by atoms with E-state index in [1.54, 1.807) is 43.9 Å². The maximum Gasteiger partial charge on any atom is 0.259 e. The summed E-state index contributed by atoms with van der Waals surface area (Å²) in [5.41, 5.74) is 3.76. The molecule has 1 N–H and O–H groups in total. The number of hydrogen-bond acceptors (Lipinski definition) is 6. The molecule has 0 aliphatic rings. The molecule has 0 aliphatic carbocycles. The molecule has 5 aromatic rings. The van der Waals surface area contributed by atoms with Crippen molar-refractivity contribution in [3.63, 3.8) is 0 Å². The summed E-state index contributed by atoms with van der Waals surface area (Å²) in [6.45, 7) is 2.13. The number of benzene rings is 1. The highest BCUT2D eigenvalue weighted by molar-refractivity contribution is 6.06. The molecule has 148 valence electrons. The van der Waals surface area contributed by atoms with Gasteiger partial charge in [-0.15, -0.1) is 0 Å². The van der Waals surface area contributed by atoms with E-state index in [-0.39, 0.29) is 5.91 Å². The summed E-state index contributed by atoms with van der Waals surface area (Å²) in [6.07, 6.45) is 6.86. The van der Waals surface area contributed by atoms with Gasteiger partial charge in [0.25, 0.3) is 11.6 Å². The van der Waals surface area contributed by atoms with E-state index in [0.717, 1.165) is 11.3 Å². The van der Waals surface area contributed by atoms with Crippen molar-refractivity contribution in [1.82, 2.24) is 25.0 Å². The zero-order valence-corrected chi connectivity index (χ0v) is 16.1. The molecule has 0 atom stereocenters. The molecule has 0 saturated carbocycles. The highest BCUT2D eigenvalue weighted by Gasteiger charge is 2.20. The fourth-order valence-corrected chi connectivity index (χ4v) is 3.41. The van der Waals surface area contributed by atoms with E-state index in [0.29, 0.717) is 40.4 Å². The second-order valence-electron chi connectivity index (χ2n) is 6.76. The molecule has 4 aromatic heterocycles. The largest absolute Gasteiger partial charge is 0.463 e. The molecule has 1 aromatic carbocycles. The maximum atomic E-state index is 13.1. The van der Waals surface area contributed by atoms with Crippen LogP contribution in [0.1, 0.15) is 21.6 Å². The highest BCUT2D eigenvalue weighted by atomic mass is 16.5. The van der Waals surface area contributed by atoms with Crippen molar-refractivity contribution in [2.24, 2.45) is 0 Å². The van der Waals surface area contributed by atoms with Gasteiger partial charge in [0.15, 0.2) is 5.76 Å². The van der Waals surface area contributed by atoms with Crippen molar-refractivity contribution in [3.05, 3.63) is 84.3 Å². The summed E-state index contributed by atoms with van der Waals surface area (Å²) in [7, 11) is 0. The van der Waals surface area contributed by atoms with Crippen LogP contribution in [0.4, 0.5) is 0 Å². The minimum atomic E-state index is -0.248. The predicted molar refractivity (Wildman–Crippen MR) is 109 cm³/mol. The molecule has 30 heavy (non-hydrogen) atoms. The number of carbonyl (C=O) groups is 1. The van der Waals surface area contributed by atoms with Gasteiger partial charge >= 0.3 is 0 Å².